The molecule has 3 aromatic rings. The minimum atomic E-state index is -0.750. The second kappa shape index (κ2) is 10.3. The monoisotopic (exact) mass is 538 g/mol. The highest BCUT2D eigenvalue weighted by molar-refractivity contribution is 9.11. The number of hydrogen-bond donors (Lipinski definition) is 3. The van der Waals surface area contributed by atoms with Crippen LogP contribution in [0.1, 0.15) is 10.4 Å². The lowest BCUT2D eigenvalue weighted by Crippen LogP contribution is -2.27. The molecule has 35 heavy (non-hydrogen) atoms. The van der Waals surface area contributed by atoms with Gasteiger partial charge in [-0.1, -0.05) is 0 Å². The molecule has 0 fully saturated rings. The van der Waals surface area contributed by atoms with E-state index in [1.54, 1.807) is 12.3 Å². The predicted octanol–water partition coefficient (Wildman–Crippen LogP) is 5.00. The fourth-order valence-electron chi connectivity index (χ4n) is 3.21. The van der Waals surface area contributed by atoms with Crippen LogP contribution in [0.4, 0.5) is 14.5 Å². The number of ether oxygens (including phenoxy) is 1. The van der Waals surface area contributed by atoms with Gasteiger partial charge in [-0.3, -0.25) is 14.2 Å². The molecule has 0 radical (unpaired) electrons. The first-order valence-corrected chi connectivity index (χ1v) is 11.0. The van der Waals surface area contributed by atoms with Crippen molar-refractivity contribution in [2.75, 3.05) is 5.32 Å². The number of carbonyl (C=O) groups excluding carboxylic acids is 1. The molecule has 176 valence electrons. The highest BCUT2D eigenvalue weighted by atomic mass is 79.9. The molecular formula is C25H17BrF2N4O3. The van der Waals surface area contributed by atoms with Crippen molar-refractivity contribution in [3.05, 3.63) is 123 Å². The summed E-state index contributed by atoms with van der Waals surface area (Å²) in [7, 11) is 0. The topological polar surface area (TPSA) is 96.2 Å². The number of nitrogens with zero attached hydrogens (tertiary/aromatic N) is 1. The first kappa shape index (κ1) is 23.8. The van der Waals surface area contributed by atoms with E-state index in [1.165, 1.54) is 65.4 Å². The van der Waals surface area contributed by atoms with Crippen molar-refractivity contribution >= 4 is 33.7 Å². The smallest absolute Gasteiger partial charge is 0.267 e. The van der Waals surface area contributed by atoms with E-state index >= 15 is 0 Å². The molecule has 1 aliphatic rings. The van der Waals surface area contributed by atoms with Gasteiger partial charge in [0.1, 0.15) is 11.4 Å². The maximum Gasteiger partial charge on any atom is 0.267 e. The van der Waals surface area contributed by atoms with Gasteiger partial charge >= 0.3 is 0 Å². The third kappa shape index (κ3) is 5.44. The predicted molar refractivity (Wildman–Crippen MR) is 132 cm³/mol. The Morgan fingerprint density at radius 1 is 1.14 bits per heavy atom. The molecule has 0 aliphatic carbocycles. The standard InChI is InChI=1S/C25H17BrF2N4O3/c26-15-12-23(21(9-10-29)30-14-15)35-22-8-5-17(13-20(22)28)31-24(33)19-2-1-11-32(25(19)34)18-6-3-16(27)4-7-18/h1-14,29-30H,(H,31,33)/b21-9-,29-10?. The van der Waals surface area contributed by atoms with Crippen LogP contribution in [-0.2, 0) is 0 Å². The number of rotatable bonds is 6. The molecule has 0 saturated heterocycles. The van der Waals surface area contributed by atoms with Crippen LogP contribution >= 0.6 is 15.9 Å². The first-order chi connectivity index (χ1) is 16.9. The Bertz CT molecular complexity index is 1460. The number of nitrogens with one attached hydrogen (secondary N) is 3. The van der Waals surface area contributed by atoms with Crippen LogP contribution in [0.3, 0.4) is 0 Å². The number of benzene rings is 2. The van der Waals surface area contributed by atoms with Crippen LogP contribution in [0.15, 0.2) is 99.9 Å². The molecule has 7 nitrogen and oxygen atoms in total. The highest BCUT2D eigenvalue weighted by Gasteiger charge is 2.17. The van der Waals surface area contributed by atoms with Gasteiger partial charge in [0, 0.05) is 40.5 Å². The lowest BCUT2D eigenvalue weighted by atomic mass is 10.2. The number of halogens is 3. The van der Waals surface area contributed by atoms with Crippen molar-refractivity contribution in [3.8, 4) is 11.4 Å². The number of amides is 1. The van der Waals surface area contributed by atoms with Gasteiger partial charge in [0.2, 0.25) is 0 Å². The van der Waals surface area contributed by atoms with Crippen LogP contribution in [-0.4, -0.2) is 16.7 Å². The zero-order valence-electron chi connectivity index (χ0n) is 17.9. The summed E-state index contributed by atoms with van der Waals surface area (Å²) < 4.78 is 35.5. The molecule has 1 aromatic heterocycles. The summed E-state index contributed by atoms with van der Waals surface area (Å²) in [5.41, 5.74) is 0.181. The first-order valence-electron chi connectivity index (χ1n) is 10.2. The van der Waals surface area contributed by atoms with Crippen molar-refractivity contribution in [2.24, 2.45) is 0 Å². The molecule has 2 heterocycles. The molecular weight excluding hydrogens is 522 g/mol. The van der Waals surface area contributed by atoms with Crippen LogP contribution in [0.25, 0.3) is 5.69 Å². The minimum Gasteiger partial charge on any atom is -0.452 e. The fourth-order valence-corrected chi connectivity index (χ4v) is 3.53. The molecule has 1 aliphatic heterocycles. The molecule has 1 amide bonds. The van der Waals surface area contributed by atoms with Gasteiger partial charge in [0.15, 0.2) is 17.3 Å². The van der Waals surface area contributed by atoms with Crippen LogP contribution in [0.5, 0.6) is 5.75 Å². The van der Waals surface area contributed by atoms with Gasteiger partial charge in [0.05, 0.1) is 5.70 Å². The second-order valence-electron chi connectivity index (χ2n) is 7.20. The Hall–Kier alpha value is -4.31. The largest absolute Gasteiger partial charge is 0.452 e. The molecule has 0 atom stereocenters. The van der Waals surface area contributed by atoms with Gasteiger partial charge < -0.3 is 20.8 Å². The van der Waals surface area contributed by atoms with Gasteiger partial charge in [-0.25, -0.2) is 8.78 Å². The Kier molecular flexibility index (Phi) is 7.02. The number of aromatic nitrogens is 1. The second-order valence-corrected chi connectivity index (χ2v) is 8.12. The van der Waals surface area contributed by atoms with Gasteiger partial charge in [-0.15, -0.1) is 0 Å². The van der Waals surface area contributed by atoms with Gasteiger partial charge in [-0.2, -0.15) is 0 Å². The molecule has 10 heteroatoms. The number of hydrogen-bond acceptors (Lipinski definition) is 5. The lowest BCUT2D eigenvalue weighted by molar-refractivity contribution is 0.102. The number of anilines is 1. The summed E-state index contributed by atoms with van der Waals surface area (Å²) in [6.07, 6.45) is 7.23. The van der Waals surface area contributed by atoms with Gasteiger partial charge in [-0.05, 0) is 76.6 Å². The van der Waals surface area contributed by atoms with Gasteiger partial charge in [0.25, 0.3) is 11.5 Å². The maximum atomic E-state index is 14.8. The number of pyridine rings is 1. The van der Waals surface area contributed by atoms with Crippen molar-refractivity contribution in [2.45, 2.75) is 0 Å². The van der Waals surface area contributed by atoms with Crippen molar-refractivity contribution in [1.29, 1.82) is 5.41 Å². The third-order valence-electron chi connectivity index (χ3n) is 4.86. The van der Waals surface area contributed by atoms with Crippen molar-refractivity contribution in [1.82, 2.24) is 9.88 Å². The Morgan fingerprint density at radius 3 is 2.63 bits per heavy atom. The van der Waals surface area contributed by atoms with E-state index in [0.29, 0.717) is 15.9 Å². The quantitative estimate of drug-likeness (QED) is 0.384. The Morgan fingerprint density at radius 2 is 1.91 bits per heavy atom. The number of allylic oxidation sites excluding steroid dienone is 3. The third-order valence-corrected chi connectivity index (χ3v) is 5.31. The van der Waals surface area contributed by atoms with Crippen molar-refractivity contribution in [3.63, 3.8) is 0 Å². The molecule has 0 bridgehead atoms. The lowest BCUT2D eigenvalue weighted by Gasteiger charge is -2.18. The Balaban J connectivity index is 1.54. The summed E-state index contributed by atoms with van der Waals surface area (Å²) in [6.45, 7) is 0. The number of dihydropyridines is 1. The maximum absolute atomic E-state index is 14.8. The summed E-state index contributed by atoms with van der Waals surface area (Å²) in [4.78, 5) is 25.6. The summed E-state index contributed by atoms with van der Waals surface area (Å²) in [5, 5.41) is 12.7. The normalized spacial score (nSPS) is 14.0. The van der Waals surface area contributed by atoms with E-state index in [9.17, 15) is 18.4 Å². The molecule has 0 spiro atoms. The highest BCUT2D eigenvalue weighted by Crippen LogP contribution is 2.27. The van der Waals surface area contributed by atoms with Crippen molar-refractivity contribution < 1.29 is 18.3 Å². The minimum absolute atomic E-state index is 0.104. The SMILES string of the molecule is N=C/C=C1\NC=C(Br)C=C1Oc1ccc(NC(=O)c2cccn(-c3ccc(F)cc3)c2=O)cc1F. The Labute approximate surface area is 206 Å². The number of carbonyl (C=O) groups is 1. The molecule has 3 N–H and O–H groups in total. The molecule has 4 rings (SSSR count). The van der Waals surface area contributed by atoms with E-state index in [0.717, 1.165) is 12.3 Å². The fraction of sp³-hybridized carbons (Fsp3) is 0. The molecule has 2 aromatic carbocycles. The molecule has 0 unspecified atom stereocenters. The van der Waals surface area contributed by atoms with E-state index in [1.807, 2.05) is 0 Å². The van der Waals surface area contributed by atoms with Crippen LogP contribution in [0.2, 0.25) is 0 Å². The van der Waals surface area contributed by atoms with E-state index in [-0.39, 0.29) is 22.8 Å². The zero-order valence-corrected chi connectivity index (χ0v) is 19.5. The van der Waals surface area contributed by atoms with E-state index in [4.69, 9.17) is 10.1 Å². The van der Waals surface area contributed by atoms with Crippen LogP contribution in [0, 0.1) is 17.0 Å². The summed E-state index contributed by atoms with van der Waals surface area (Å²) >= 11 is 3.30. The molecule has 0 saturated carbocycles. The van der Waals surface area contributed by atoms with E-state index in [2.05, 4.69) is 26.6 Å². The van der Waals surface area contributed by atoms with E-state index < -0.39 is 23.1 Å². The average Bonchev–Trinajstić information content (AvgIpc) is 2.83. The zero-order chi connectivity index (χ0) is 24.9. The summed E-state index contributed by atoms with van der Waals surface area (Å²) in [5.74, 6) is -1.76. The average molecular weight is 539 g/mol. The summed E-state index contributed by atoms with van der Waals surface area (Å²) in [6, 6.07) is 11.9. The van der Waals surface area contributed by atoms with Crippen LogP contribution < -0.4 is 20.9 Å².